The number of carbonyl (C=O) groups is 2. The van der Waals surface area contributed by atoms with Gasteiger partial charge in [-0.25, -0.2) is 19.6 Å². The van der Waals surface area contributed by atoms with Crippen molar-refractivity contribution >= 4 is 49.7 Å². The molecular formula is C6H8CaI2N2O6. The molecule has 0 spiro atoms. The minimum atomic E-state index is -1.24. The van der Waals surface area contributed by atoms with E-state index in [1.54, 1.807) is 0 Å². The maximum atomic E-state index is 10.2. The molecule has 0 unspecified atom stereocenters. The number of nitrogens with zero attached hydrogens (tertiary/aromatic N) is 2. The molecule has 0 aliphatic heterocycles. The predicted octanol–water partition coefficient (Wildman–Crippen LogP) is -8.15. The molecule has 8 nitrogen and oxygen atoms in total. The Morgan fingerprint density at radius 1 is 0.882 bits per heavy atom. The van der Waals surface area contributed by atoms with Crippen molar-refractivity contribution in [2.24, 2.45) is 0 Å². The number of halogens is 2. The van der Waals surface area contributed by atoms with Gasteiger partial charge in [0, 0.05) is 0 Å². The van der Waals surface area contributed by atoms with Crippen LogP contribution < -0.4 is 48.0 Å². The monoisotopic (exact) mass is 498 g/mol. The van der Waals surface area contributed by atoms with Gasteiger partial charge in [0.05, 0.1) is 12.4 Å². The van der Waals surface area contributed by atoms with E-state index >= 15 is 0 Å². The van der Waals surface area contributed by atoms with Crippen molar-refractivity contribution in [3.05, 3.63) is 23.8 Å². The standard InChI is InChI=1S/C6H4N2O4.Ca.2HI.2H2O/c9-5(10)3-1-7-4(2-8-3)6(11)12;;;;;/h1-2H,(H,9,10)(H,11,12);;2*1H;2*1H2/q;+2;;;;/p-2. The summed E-state index contributed by atoms with van der Waals surface area (Å²) in [7, 11) is 0. The molecule has 0 bridgehead atoms. The van der Waals surface area contributed by atoms with Crippen LogP contribution in [-0.4, -0.2) is 80.8 Å². The molecule has 0 saturated carbocycles. The summed E-state index contributed by atoms with van der Waals surface area (Å²) in [5, 5.41) is 16.7. The smallest absolute Gasteiger partial charge is 1.00 e. The SMILES string of the molecule is O.O.O=C(O)c1cnc(C(=O)O)cn1.[Ca+2].[I-].[I-]. The van der Waals surface area contributed by atoms with Crippen molar-refractivity contribution in [2.75, 3.05) is 0 Å². The summed E-state index contributed by atoms with van der Waals surface area (Å²) < 4.78 is 0. The Morgan fingerprint density at radius 3 is 1.24 bits per heavy atom. The van der Waals surface area contributed by atoms with E-state index in [1.807, 2.05) is 0 Å². The van der Waals surface area contributed by atoms with Crippen molar-refractivity contribution in [2.45, 2.75) is 0 Å². The van der Waals surface area contributed by atoms with E-state index in [0.717, 1.165) is 12.4 Å². The molecule has 1 heterocycles. The molecular weight excluding hydrogens is 490 g/mol. The maximum absolute atomic E-state index is 10.2. The maximum Gasteiger partial charge on any atom is 2.00 e. The van der Waals surface area contributed by atoms with E-state index in [4.69, 9.17) is 10.2 Å². The van der Waals surface area contributed by atoms with Crippen LogP contribution in [0, 0.1) is 0 Å². The molecule has 0 aromatic carbocycles. The summed E-state index contributed by atoms with van der Waals surface area (Å²) in [4.78, 5) is 27.2. The van der Waals surface area contributed by atoms with E-state index in [2.05, 4.69) is 9.97 Å². The Balaban J connectivity index is -0.0000000960. The van der Waals surface area contributed by atoms with Crippen molar-refractivity contribution in [3.63, 3.8) is 0 Å². The molecule has 0 aliphatic carbocycles. The van der Waals surface area contributed by atoms with Crippen molar-refractivity contribution in [1.29, 1.82) is 0 Å². The summed E-state index contributed by atoms with van der Waals surface area (Å²) in [5.41, 5.74) is -0.556. The second-order valence-corrected chi connectivity index (χ2v) is 1.90. The fourth-order valence-electron chi connectivity index (χ4n) is 0.549. The third kappa shape index (κ3) is 10.3. The minimum absolute atomic E-state index is 0. The molecule has 0 amide bonds. The van der Waals surface area contributed by atoms with Crippen LogP contribution in [-0.2, 0) is 0 Å². The zero-order valence-electron chi connectivity index (χ0n) is 8.22. The van der Waals surface area contributed by atoms with Gasteiger partial charge < -0.3 is 69.1 Å². The molecule has 17 heavy (non-hydrogen) atoms. The van der Waals surface area contributed by atoms with Gasteiger partial charge in [0.15, 0.2) is 11.4 Å². The molecule has 0 fully saturated rings. The van der Waals surface area contributed by atoms with Crippen LogP contribution in [0.5, 0.6) is 0 Å². The van der Waals surface area contributed by atoms with E-state index < -0.39 is 11.9 Å². The number of carboxylic acid groups (broad SMARTS) is 2. The summed E-state index contributed by atoms with van der Waals surface area (Å²) in [5.74, 6) is -2.47. The molecule has 11 heteroatoms. The van der Waals surface area contributed by atoms with Gasteiger partial charge in [-0.2, -0.15) is 0 Å². The Hall–Kier alpha value is 0.660. The van der Waals surface area contributed by atoms with E-state index in [0.29, 0.717) is 0 Å². The predicted molar refractivity (Wildman–Crippen MR) is 48.9 cm³/mol. The number of hydrogen-bond acceptors (Lipinski definition) is 4. The number of hydrogen-bond donors (Lipinski definition) is 2. The van der Waals surface area contributed by atoms with Crippen LogP contribution in [0.3, 0.4) is 0 Å². The molecule has 1 aromatic heterocycles. The van der Waals surface area contributed by atoms with Crippen LogP contribution in [0.2, 0.25) is 0 Å². The van der Waals surface area contributed by atoms with Gasteiger partial charge in [-0.05, 0) is 0 Å². The number of aromatic carboxylic acids is 2. The summed E-state index contributed by atoms with van der Waals surface area (Å²) >= 11 is 0. The molecule has 1 aromatic rings. The van der Waals surface area contributed by atoms with Crippen molar-refractivity contribution < 1.29 is 78.7 Å². The Kier molecular flexibility index (Phi) is 26.5. The van der Waals surface area contributed by atoms with E-state index in [1.165, 1.54) is 0 Å². The third-order valence-corrected chi connectivity index (χ3v) is 1.09. The van der Waals surface area contributed by atoms with Crippen molar-refractivity contribution in [1.82, 2.24) is 9.97 Å². The first-order valence-electron chi connectivity index (χ1n) is 2.90. The largest absolute Gasteiger partial charge is 2.00 e. The average Bonchev–Trinajstić information content (AvgIpc) is 2.04. The summed E-state index contributed by atoms with van der Waals surface area (Å²) in [6.45, 7) is 0. The normalized spacial score (nSPS) is 6.59. The van der Waals surface area contributed by atoms with Crippen LogP contribution in [0.1, 0.15) is 21.0 Å². The summed E-state index contributed by atoms with van der Waals surface area (Å²) in [6.07, 6.45) is 1.79. The molecule has 0 atom stereocenters. The fourth-order valence-corrected chi connectivity index (χ4v) is 0.549. The first kappa shape index (κ1) is 30.6. The number of rotatable bonds is 2. The first-order chi connectivity index (χ1) is 5.61. The van der Waals surface area contributed by atoms with E-state index in [-0.39, 0.29) is 108 Å². The number of carboxylic acids is 2. The topological polar surface area (TPSA) is 163 Å². The first-order valence-corrected chi connectivity index (χ1v) is 2.90. The van der Waals surface area contributed by atoms with Gasteiger partial charge in [-0.1, -0.05) is 0 Å². The van der Waals surface area contributed by atoms with Crippen LogP contribution >= 0.6 is 0 Å². The van der Waals surface area contributed by atoms with Crippen molar-refractivity contribution in [3.8, 4) is 0 Å². The zero-order valence-corrected chi connectivity index (χ0v) is 14.7. The number of aromatic nitrogens is 2. The quantitative estimate of drug-likeness (QED) is 0.304. The molecule has 94 valence electrons. The molecule has 0 aliphatic rings. The Bertz CT molecular complexity index is 303. The Labute approximate surface area is 160 Å². The van der Waals surface area contributed by atoms with Gasteiger partial charge in [0.2, 0.25) is 0 Å². The van der Waals surface area contributed by atoms with Gasteiger partial charge in [-0.15, -0.1) is 0 Å². The van der Waals surface area contributed by atoms with Gasteiger partial charge in [0.25, 0.3) is 0 Å². The van der Waals surface area contributed by atoms with Crippen LogP contribution in [0.25, 0.3) is 0 Å². The van der Waals surface area contributed by atoms with Gasteiger partial charge >= 0.3 is 49.7 Å². The van der Waals surface area contributed by atoms with Gasteiger partial charge in [-0.3, -0.25) is 0 Å². The molecule has 6 N–H and O–H groups in total. The molecule has 0 saturated heterocycles. The minimum Gasteiger partial charge on any atom is -1.00 e. The molecule has 0 radical (unpaired) electrons. The van der Waals surface area contributed by atoms with Crippen LogP contribution in [0.4, 0.5) is 0 Å². The zero-order chi connectivity index (χ0) is 9.14. The van der Waals surface area contributed by atoms with Crippen LogP contribution in [0.15, 0.2) is 12.4 Å². The van der Waals surface area contributed by atoms with Gasteiger partial charge in [0.1, 0.15) is 0 Å². The Morgan fingerprint density at radius 2 is 1.12 bits per heavy atom. The second-order valence-electron chi connectivity index (χ2n) is 1.90. The third-order valence-electron chi connectivity index (χ3n) is 1.09. The second kappa shape index (κ2) is 14.7. The summed E-state index contributed by atoms with van der Waals surface area (Å²) in [6, 6.07) is 0. The molecule has 1 rings (SSSR count). The fraction of sp³-hybridized carbons (Fsp3) is 0. The average molecular weight is 498 g/mol. The van der Waals surface area contributed by atoms with E-state index in [9.17, 15) is 9.59 Å².